The van der Waals surface area contributed by atoms with Crippen LogP contribution < -0.4 is 5.69 Å². The molecule has 1 heterocycles. The van der Waals surface area contributed by atoms with Gasteiger partial charge < -0.3 is 5.11 Å². The minimum absolute atomic E-state index is 0.0889. The zero-order valence-electron chi connectivity index (χ0n) is 15.6. The zero-order valence-corrected chi connectivity index (χ0v) is 15.6. The molecule has 27 heavy (non-hydrogen) atoms. The van der Waals surface area contributed by atoms with Gasteiger partial charge in [-0.15, -0.1) is 0 Å². The summed E-state index contributed by atoms with van der Waals surface area (Å²) >= 11 is 0. The topological polar surface area (TPSA) is 77.1 Å². The van der Waals surface area contributed by atoms with Gasteiger partial charge in [-0.25, -0.2) is 14.3 Å². The van der Waals surface area contributed by atoms with Crippen molar-refractivity contribution in [1.29, 1.82) is 0 Å². The summed E-state index contributed by atoms with van der Waals surface area (Å²) in [4.78, 5) is 24.0. The van der Waals surface area contributed by atoms with Gasteiger partial charge in [-0.2, -0.15) is 5.10 Å². The van der Waals surface area contributed by atoms with Crippen molar-refractivity contribution >= 4 is 5.97 Å². The molecule has 6 heteroatoms. The number of hydrogen-bond donors (Lipinski definition) is 1. The summed E-state index contributed by atoms with van der Waals surface area (Å²) in [6, 6.07) is 14.6. The van der Waals surface area contributed by atoms with Gasteiger partial charge in [0, 0.05) is 13.0 Å². The summed E-state index contributed by atoms with van der Waals surface area (Å²) < 4.78 is 3.23. The van der Waals surface area contributed by atoms with Crippen molar-refractivity contribution < 1.29 is 9.90 Å². The number of carboxylic acids is 1. The molecule has 0 saturated carbocycles. The highest BCUT2D eigenvalue weighted by molar-refractivity contribution is 5.95. The number of carboxylic acid groups (broad SMARTS) is 1. The molecule has 0 amide bonds. The predicted octanol–water partition coefficient (Wildman–Crippen LogP) is 3.43. The van der Waals surface area contributed by atoms with Crippen LogP contribution in [0.5, 0.6) is 0 Å². The predicted molar refractivity (Wildman–Crippen MR) is 104 cm³/mol. The highest BCUT2D eigenvalue weighted by Gasteiger charge is 2.13. The van der Waals surface area contributed by atoms with Crippen LogP contribution in [0.25, 0.3) is 11.1 Å². The summed E-state index contributed by atoms with van der Waals surface area (Å²) in [7, 11) is 0. The van der Waals surface area contributed by atoms with E-state index in [1.165, 1.54) is 4.68 Å². The maximum absolute atomic E-state index is 12.5. The number of aromatic nitrogens is 3. The fourth-order valence-corrected chi connectivity index (χ4v) is 3.16. The summed E-state index contributed by atoms with van der Waals surface area (Å²) in [5.41, 5.74) is 2.67. The Morgan fingerprint density at radius 2 is 1.78 bits per heavy atom. The molecule has 3 aromatic rings. The van der Waals surface area contributed by atoms with Crippen molar-refractivity contribution in [2.45, 2.75) is 39.8 Å². The molecule has 0 aliphatic carbocycles. The number of hydrogen-bond acceptors (Lipinski definition) is 3. The molecule has 140 valence electrons. The van der Waals surface area contributed by atoms with E-state index in [0.29, 0.717) is 25.1 Å². The van der Waals surface area contributed by atoms with Crippen molar-refractivity contribution in [1.82, 2.24) is 14.3 Å². The minimum atomic E-state index is -0.947. The number of nitrogens with zero attached hydrogens (tertiary/aromatic N) is 3. The molecule has 0 unspecified atom stereocenters. The first-order chi connectivity index (χ1) is 13.0. The molecule has 0 aliphatic rings. The van der Waals surface area contributed by atoms with E-state index in [1.54, 1.807) is 22.8 Å². The summed E-state index contributed by atoms with van der Waals surface area (Å²) in [6.45, 7) is 5.07. The Balaban J connectivity index is 1.90. The fraction of sp³-hybridized carbons (Fsp3) is 0.286. The third-order valence-electron chi connectivity index (χ3n) is 4.51. The van der Waals surface area contributed by atoms with Gasteiger partial charge in [-0.3, -0.25) is 4.57 Å². The first-order valence-electron chi connectivity index (χ1n) is 9.13. The van der Waals surface area contributed by atoms with Crippen molar-refractivity contribution in [3.8, 4) is 11.1 Å². The molecule has 0 radical (unpaired) electrons. The lowest BCUT2D eigenvalue weighted by atomic mass is 9.99. The lowest BCUT2D eigenvalue weighted by Gasteiger charge is -2.08. The second kappa shape index (κ2) is 8.03. The second-order valence-corrected chi connectivity index (χ2v) is 6.41. The van der Waals surface area contributed by atoms with Gasteiger partial charge >= 0.3 is 11.7 Å². The molecule has 1 aromatic heterocycles. The summed E-state index contributed by atoms with van der Waals surface area (Å²) in [5, 5.41) is 13.8. The van der Waals surface area contributed by atoms with Gasteiger partial charge in [0.05, 0.1) is 12.1 Å². The average molecular weight is 365 g/mol. The first-order valence-corrected chi connectivity index (χ1v) is 9.13. The van der Waals surface area contributed by atoms with E-state index >= 15 is 0 Å². The number of carbonyl (C=O) groups is 1. The Morgan fingerprint density at radius 1 is 1.07 bits per heavy atom. The SMILES string of the molecule is CCCn1nc(CC)n(Cc2ccc(-c3ccccc3C(=O)O)cc2)c1=O. The molecule has 3 rings (SSSR count). The standard InChI is InChI=1S/C21H23N3O3/c1-3-13-24-21(27)23(19(4-2)22-24)14-15-9-11-16(12-10-15)17-7-5-6-8-18(17)20(25)26/h5-12H,3-4,13-14H2,1-2H3,(H,25,26). The zero-order chi connectivity index (χ0) is 19.4. The number of aromatic carboxylic acids is 1. The van der Waals surface area contributed by atoms with Crippen molar-refractivity contribution in [2.75, 3.05) is 0 Å². The van der Waals surface area contributed by atoms with Crippen LogP contribution >= 0.6 is 0 Å². The van der Waals surface area contributed by atoms with E-state index in [2.05, 4.69) is 5.10 Å². The molecule has 6 nitrogen and oxygen atoms in total. The van der Waals surface area contributed by atoms with E-state index in [9.17, 15) is 14.7 Å². The van der Waals surface area contributed by atoms with Gasteiger partial charge in [0.1, 0.15) is 5.82 Å². The average Bonchev–Trinajstić information content (AvgIpc) is 2.98. The van der Waals surface area contributed by atoms with Crippen LogP contribution in [0, 0.1) is 0 Å². The smallest absolute Gasteiger partial charge is 0.346 e. The van der Waals surface area contributed by atoms with Crippen molar-refractivity contribution in [3.05, 3.63) is 76.0 Å². The minimum Gasteiger partial charge on any atom is -0.478 e. The molecule has 0 fully saturated rings. The Bertz CT molecular complexity index is 1000. The third kappa shape index (κ3) is 3.84. The van der Waals surface area contributed by atoms with Crippen LogP contribution in [0.1, 0.15) is 42.0 Å². The van der Waals surface area contributed by atoms with E-state index in [0.717, 1.165) is 23.4 Å². The van der Waals surface area contributed by atoms with E-state index in [-0.39, 0.29) is 11.3 Å². The van der Waals surface area contributed by atoms with E-state index in [1.807, 2.05) is 44.2 Å². The van der Waals surface area contributed by atoms with Gasteiger partial charge in [-0.05, 0) is 29.2 Å². The normalized spacial score (nSPS) is 10.9. The number of aryl methyl sites for hydroxylation is 2. The molecular formula is C21H23N3O3. The van der Waals surface area contributed by atoms with Gasteiger partial charge in [0.15, 0.2) is 0 Å². The monoisotopic (exact) mass is 365 g/mol. The maximum atomic E-state index is 12.5. The second-order valence-electron chi connectivity index (χ2n) is 6.41. The fourth-order valence-electron chi connectivity index (χ4n) is 3.16. The number of benzene rings is 2. The lowest BCUT2D eigenvalue weighted by Crippen LogP contribution is -2.25. The van der Waals surface area contributed by atoms with Crippen LogP contribution in [0.3, 0.4) is 0 Å². The van der Waals surface area contributed by atoms with Crippen LogP contribution in [-0.4, -0.2) is 25.4 Å². The Labute approximate surface area is 157 Å². The van der Waals surface area contributed by atoms with Crippen LogP contribution in [0.4, 0.5) is 0 Å². The first kappa shape index (κ1) is 18.6. The van der Waals surface area contributed by atoms with E-state index in [4.69, 9.17) is 0 Å². The van der Waals surface area contributed by atoms with Gasteiger partial charge in [0.25, 0.3) is 0 Å². The summed E-state index contributed by atoms with van der Waals surface area (Å²) in [5.74, 6) is -0.175. The van der Waals surface area contributed by atoms with Gasteiger partial charge in [0.2, 0.25) is 0 Å². The lowest BCUT2D eigenvalue weighted by molar-refractivity contribution is 0.0697. The summed E-state index contributed by atoms with van der Waals surface area (Å²) in [6.07, 6.45) is 1.55. The van der Waals surface area contributed by atoms with Crippen LogP contribution in [0.15, 0.2) is 53.3 Å². The molecule has 0 spiro atoms. The Morgan fingerprint density at radius 3 is 2.41 bits per heavy atom. The van der Waals surface area contributed by atoms with E-state index < -0.39 is 5.97 Å². The molecule has 0 aliphatic heterocycles. The highest BCUT2D eigenvalue weighted by atomic mass is 16.4. The molecule has 0 bridgehead atoms. The van der Waals surface area contributed by atoms with Crippen molar-refractivity contribution in [3.63, 3.8) is 0 Å². The largest absolute Gasteiger partial charge is 0.478 e. The Hall–Kier alpha value is -3.15. The maximum Gasteiger partial charge on any atom is 0.346 e. The van der Waals surface area contributed by atoms with Crippen molar-refractivity contribution in [2.24, 2.45) is 0 Å². The molecule has 2 aromatic carbocycles. The molecule has 0 atom stereocenters. The third-order valence-corrected chi connectivity index (χ3v) is 4.51. The molecule has 0 saturated heterocycles. The molecule has 1 N–H and O–H groups in total. The highest BCUT2D eigenvalue weighted by Crippen LogP contribution is 2.24. The number of rotatable bonds is 7. The quantitative estimate of drug-likeness (QED) is 0.696. The van der Waals surface area contributed by atoms with Crippen LogP contribution in [0.2, 0.25) is 0 Å². The molecular weight excluding hydrogens is 342 g/mol. The van der Waals surface area contributed by atoms with Crippen LogP contribution in [-0.2, 0) is 19.5 Å². The Kier molecular flexibility index (Phi) is 5.54. The van der Waals surface area contributed by atoms with Gasteiger partial charge in [-0.1, -0.05) is 56.3 Å².